The zero-order valence-electron chi connectivity index (χ0n) is 17.4. The standard InChI is InChI=1S/C22H20FN3O5S2/c1-14-19-11-18(8-9-20(19)26-22(14)27)33(30,31)25-13-21(15-3-2-10-24-12-15)32(28,29)17-6-4-16(23)5-7-17/h2-12,14,21,25H,13H2,1H3,(H,26,27). The Balaban J connectivity index is 1.65. The highest BCUT2D eigenvalue weighted by Gasteiger charge is 2.32. The van der Waals surface area contributed by atoms with Crippen LogP contribution >= 0.6 is 0 Å². The summed E-state index contributed by atoms with van der Waals surface area (Å²) < 4.78 is 68.3. The fourth-order valence-electron chi connectivity index (χ4n) is 3.59. The maximum absolute atomic E-state index is 13.3. The molecule has 2 unspecified atom stereocenters. The molecule has 1 aliphatic rings. The summed E-state index contributed by atoms with van der Waals surface area (Å²) in [5, 5.41) is 1.37. The van der Waals surface area contributed by atoms with Crippen LogP contribution < -0.4 is 10.0 Å². The molecule has 2 atom stereocenters. The van der Waals surface area contributed by atoms with E-state index in [2.05, 4.69) is 15.0 Å². The zero-order chi connectivity index (χ0) is 23.8. The number of fused-ring (bicyclic) bond motifs is 1. The third kappa shape index (κ3) is 4.52. The van der Waals surface area contributed by atoms with Crippen LogP contribution in [0.4, 0.5) is 10.1 Å². The maximum atomic E-state index is 13.3. The van der Waals surface area contributed by atoms with Crippen molar-refractivity contribution in [1.82, 2.24) is 9.71 Å². The number of halogens is 1. The van der Waals surface area contributed by atoms with Gasteiger partial charge in [-0.3, -0.25) is 9.78 Å². The molecule has 2 aromatic carbocycles. The molecule has 1 aromatic heterocycles. The normalized spacial score (nSPS) is 16.8. The molecule has 3 aromatic rings. The fourth-order valence-corrected chi connectivity index (χ4v) is 6.42. The summed E-state index contributed by atoms with van der Waals surface area (Å²) in [6.07, 6.45) is 2.81. The number of hydrogen-bond acceptors (Lipinski definition) is 6. The van der Waals surface area contributed by atoms with Gasteiger partial charge < -0.3 is 5.32 Å². The van der Waals surface area contributed by atoms with Crippen molar-refractivity contribution in [2.24, 2.45) is 0 Å². The van der Waals surface area contributed by atoms with Gasteiger partial charge in [-0.2, -0.15) is 0 Å². The van der Waals surface area contributed by atoms with E-state index in [0.717, 1.165) is 24.3 Å². The Morgan fingerprint density at radius 3 is 2.42 bits per heavy atom. The van der Waals surface area contributed by atoms with Crippen molar-refractivity contribution in [3.63, 3.8) is 0 Å². The second kappa shape index (κ2) is 8.65. The molecule has 1 amide bonds. The average Bonchev–Trinajstić information content (AvgIpc) is 3.08. The van der Waals surface area contributed by atoms with Crippen molar-refractivity contribution < 1.29 is 26.0 Å². The van der Waals surface area contributed by atoms with E-state index in [0.29, 0.717) is 11.3 Å². The lowest BCUT2D eigenvalue weighted by atomic mass is 10.0. The molecule has 8 nitrogen and oxygen atoms in total. The Hall–Kier alpha value is -3.15. The number of sulfone groups is 1. The average molecular weight is 490 g/mol. The van der Waals surface area contributed by atoms with Gasteiger partial charge in [-0.25, -0.2) is 25.9 Å². The topological polar surface area (TPSA) is 122 Å². The molecule has 172 valence electrons. The number of aromatic nitrogens is 1. The van der Waals surface area contributed by atoms with Crippen LogP contribution in [0.2, 0.25) is 0 Å². The molecule has 0 fully saturated rings. The van der Waals surface area contributed by atoms with E-state index >= 15 is 0 Å². The van der Waals surface area contributed by atoms with Gasteiger partial charge in [0.05, 0.1) is 15.7 Å². The van der Waals surface area contributed by atoms with Crippen LogP contribution in [-0.2, 0) is 24.7 Å². The predicted octanol–water partition coefficient (Wildman–Crippen LogP) is 2.77. The van der Waals surface area contributed by atoms with Gasteiger partial charge in [-0.1, -0.05) is 6.07 Å². The number of nitrogens with zero attached hydrogens (tertiary/aromatic N) is 1. The minimum Gasteiger partial charge on any atom is -0.325 e. The van der Waals surface area contributed by atoms with Crippen LogP contribution in [0.5, 0.6) is 0 Å². The molecular formula is C22H20FN3O5S2. The van der Waals surface area contributed by atoms with E-state index < -0.39 is 43.4 Å². The number of carbonyl (C=O) groups excluding carboxylic acids is 1. The largest absolute Gasteiger partial charge is 0.325 e. The third-order valence-electron chi connectivity index (χ3n) is 5.48. The number of nitrogens with one attached hydrogen (secondary N) is 2. The van der Waals surface area contributed by atoms with Gasteiger partial charge in [0, 0.05) is 24.6 Å². The Morgan fingerprint density at radius 2 is 1.76 bits per heavy atom. The molecule has 2 heterocycles. The second-order valence-electron chi connectivity index (χ2n) is 7.59. The van der Waals surface area contributed by atoms with Gasteiger partial charge in [-0.05, 0) is 66.6 Å². The molecule has 33 heavy (non-hydrogen) atoms. The summed E-state index contributed by atoms with van der Waals surface area (Å²) in [7, 11) is -8.20. The van der Waals surface area contributed by atoms with Gasteiger partial charge >= 0.3 is 0 Å². The highest BCUT2D eigenvalue weighted by atomic mass is 32.2. The highest BCUT2D eigenvalue weighted by Crippen LogP contribution is 2.34. The first-order valence-electron chi connectivity index (χ1n) is 9.93. The molecule has 1 aliphatic heterocycles. The molecule has 0 saturated carbocycles. The van der Waals surface area contributed by atoms with Gasteiger partial charge in [0.1, 0.15) is 11.1 Å². The van der Waals surface area contributed by atoms with E-state index in [1.54, 1.807) is 13.0 Å². The van der Waals surface area contributed by atoms with E-state index in [1.165, 1.54) is 36.7 Å². The lowest BCUT2D eigenvalue weighted by Crippen LogP contribution is -2.32. The van der Waals surface area contributed by atoms with E-state index in [4.69, 9.17) is 0 Å². The summed E-state index contributed by atoms with van der Waals surface area (Å²) in [5.74, 6) is -1.32. The highest BCUT2D eigenvalue weighted by molar-refractivity contribution is 7.92. The summed E-state index contributed by atoms with van der Waals surface area (Å²) in [6.45, 7) is 1.19. The number of amides is 1. The van der Waals surface area contributed by atoms with Crippen LogP contribution in [0.25, 0.3) is 0 Å². The predicted molar refractivity (Wildman–Crippen MR) is 119 cm³/mol. The monoisotopic (exact) mass is 489 g/mol. The van der Waals surface area contributed by atoms with Crippen molar-refractivity contribution in [3.8, 4) is 0 Å². The molecule has 0 aliphatic carbocycles. The Morgan fingerprint density at radius 1 is 1.06 bits per heavy atom. The lowest BCUT2D eigenvalue weighted by Gasteiger charge is -2.19. The smallest absolute Gasteiger partial charge is 0.240 e. The van der Waals surface area contributed by atoms with Crippen molar-refractivity contribution in [1.29, 1.82) is 0 Å². The fraction of sp³-hybridized carbons (Fsp3) is 0.182. The van der Waals surface area contributed by atoms with Crippen LogP contribution in [-0.4, -0.2) is 34.3 Å². The Kier molecular flexibility index (Phi) is 6.04. The lowest BCUT2D eigenvalue weighted by molar-refractivity contribution is -0.116. The molecule has 4 rings (SSSR count). The first-order chi connectivity index (χ1) is 15.6. The number of anilines is 1. The molecule has 0 bridgehead atoms. The van der Waals surface area contributed by atoms with Gasteiger partial charge in [0.2, 0.25) is 15.9 Å². The van der Waals surface area contributed by atoms with E-state index in [1.807, 2.05) is 0 Å². The number of sulfonamides is 1. The number of benzene rings is 2. The van der Waals surface area contributed by atoms with Crippen LogP contribution in [0.15, 0.2) is 76.8 Å². The van der Waals surface area contributed by atoms with Crippen molar-refractivity contribution in [2.45, 2.75) is 27.9 Å². The molecule has 0 saturated heterocycles. The summed E-state index contributed by atoms with van der Waals surface area (Å²) >= 11 is 0. The molecule has 0 spiro atoms. The molecule has 11 heteroatoms. The van der Waals surface area contributed by atoms with Crippen molar-refractivity contribution >= 4 is 31.5 Å². The quantitative estimate of drug-likeness (QED) is 0.492. The van der Waals surface area contributed by atoms with Crippen molar-refractivity contribution in [3.05, 3.63) is 83.9 Å². The second-order valence-corrected chi connectivity index (χ2v) is 11.5. The number of hydrogen-bond donors (Lipinski definition) is 2. The van der Waals surface area contributed by atoms with Gasteiger partial charge in [0.15, 0.2) is 9.84 Å². The number of carbonyl (C=O) groups is 1. The van der Waals surface area contributed by atoms with E-state index in [9.17, 15) is 26.0 Å². The molecular weight excluding hydrogens is 469 g/mol. The Labute approximate surface area is 190 Å². The zero-order valence-corrected chi connectivity index (χ0v) is 19.0. The van der Waals surface area contributed by atoms with E-state index in [-0.39, 0.29) is 21.3 Å². The minimum atomic E-state index is -4.11. The SMILES string of the molecule is CC1C(=O)Nc2ccc(S(=O)(=O)NCC(c3cccnc3)S(=O)(=O)c3ccc(F)cc3)cc21. The van der Waals surface area contributed by atoms with Crippen LogP contribution in [0.3, 0.4) is 0 Å². The first kappa shape index (κ1) is 23.0. The first-order valence-corrected chi connectivity index (χ1v) is 13.0. The Bertz CT molecular complexity index is 1410. The molecule has 0 radical (unpaired) electrons. The molecule has 2 N–H and O–H groups in total. The number of pyridine rings is 1. The van der Waals surface area contributed by atoms with Gasteiger partial charge in [0.25, 0.3) is 0 Å². The summed E-state index contributed by atoms with van der Waals surface area (Å²) in [4.78, 5) is 15.6. The number of rotatable bonds is 7. The summed E-state index contributed by atoms with van der Waals surface area (Å²) in [5.41, 5.74) is 1.37. The maximum Gasteiger partial charge on any atom is 0.240 e. The third-order valence-corrected chi connectivity index (χ3v) is 9.02. The van der Waals surface area contributed by atoms with Crippen LogP contribution in [0.1, 0.15) is 29.2 Å². The van der Waals surface area contributed by atoms with Gasteiger partial charge in [-0.15, -0.1) is 0 Å². The minimum absolute atomic E-state index is 0.0892. The summed E-state index contributed by atoms with van der Waals surface area (Å²) in [6, 6.07) is 11.6. The van der Waals surface area contributed by atoms with Crippen molar-refractivity contribution in [2.75, 3.05) is 11.9 Å². The van der Waals surface area contributed by atoms with Crippen LogP contribution in [0, 0.1) is 5.82 Å².